The average Bonchev–Trinajstić information content (AvgIpc) is 2.90. The quantitative estimate of drug-likeness (QED) is 0.429. The van der Waals surface area contributed by atoms with E-state index in [2.05, 4.69) is 11.9 Å². The van der Waals surface area contributed by atoms with Crippen LogP contribution < -0.4 is 5.32 Å². The van der Waals surface area contributed by atoms with Crippen LogP contribution in [0.25, 0.3) is 0 Å². The van der Waals surface area contributed by atoms with Crippen molar-refractivity contribution < 1.29 is 19.1 Å². The summed E-state index contributed by atoms with van der Waals surface area (Å²) in [5, 5.41) is 3.27. The number of ether oxygens (including phenoxy) is 2. The average molecular weight is 325 g/mol. The van der Waals surface area contributed by atoms with Gasteiger partial charge in [-0.15, -0.1) is 17.9 Å². The van der Waals surface area contributed by atoms with Gasteiger partial charge in [0, 0.05) is 4.88 Å². The van der Waals surface area contributed by atoms with Crippen molar-refractivity contribution in [2.75, 3.05) is 18.5 Å². The van der Waals surface area contributed by atoms with Crippen molar-refractivity contribution in [3.05, 3.63) is 29.2 Å². The Labute approximate surface area is 135 Å². The first-order valence-corrected chi connectivity index (χ1v) is 8.18. The fourth-order valence-electron chi connectivity index (χ4n) is 1.69. The topological polar surface area (TPSA) is 64.6 Å². The molecule has 1 N–H and O–H groups in total. The van der Waals surface area contributed by atoms with Gasteiger partial charge in [-0.05, 0) is 32.8 Å². The highest BCUT2D eigenvalue weighted by molar-refractivity contribution is 7.16. The number of amides is 1. The number of hydrogen-bond donors (Lipinski definition) is 1. The molecule has 0 saturated heterocycles. The Morgan fingerprint density at radius 2 is 2.18 bits per heavy atom. The summed E-state index contributed by atoms with van der Waals surface area (Å²) in [6, 6.07) is 1.77. The molecule has 0 spiro atoms. The molecule has 1 rings (SSSR count). The summed E-state index contributed by atoms with van der Waals surface area (Å²) in [6.07, 6.45) is 2.61. The second kappa shape index (κ2) is 9.38. The van der Waals surface area contributed by atoms with Crippen LogP contribution >= 0.6 is 11.3 Å². The molecular weight excluding hydrogens is 302 g/mol. The number of hydrogen-bond acceptors (Lipinski definition) is 5. The van der Waals surface area contributed by atoms with E-state index in [0.717, 1.165) is 11.3 Å². The maximum atomic E-state index is 12.1. The molecule has 0 aliphatic carbocycles. The highest BCUT2D eigenvalue weighted by Gasteiger charge is 2.21. The third-order valence-electron chi connectivity index (χ3n) is 2.92. The molecule has 0 fully saturated rings. The van der Waals surface area contributed by atoms with Gasteiger partial charge in [0.25, 0.3) is 5.91 Å². The van der Waals surface area contributed by atoms with Crippen molar-refractivity contribution in [2.45, 2.75) is 39.7 Å². The molecular formula is C16H23NO4S. The SMILES string of the molecule is C=CCCOC(C)C(=O)Nc1sc(CC)cc1C(=O)OCC. The molecule has 0 aliphatic heterocycles. The second-order valence-corrected chi connectivity index (χ2v) is 5.75. The zero-order chi connectivity index (χ0) is 16.5. The van der Waals surface area contributed by atoms with Crippen LogP contribution in [-0.2, 0) is 20.7 Å². The number of nitrogens with one attached hydrogen (secondary N) is 1. The zero-order valence-corrected chi connectivity index (χ0v) is 14.1. The summed E-state index contributed by atoms with van der Waals surface area (Å²) >= 11 is 1.38. The van der Waals surface area contributed by atoms with Crippen molar-refractivity contribution in [2.24, 2.45) is 0 Å². The Bertz CT molecular complexity index is 524. The number of rotatable bonds is 9. The second-order valence-electron chi connectivity index (χ2n) is 4.61. The Morgan fingerprint density at radius 1 is 1.45 bits per heavy atom. The van der Waals surface area contributed by atoms with Gasteiger partial charge in [-0.2, -0.15) is 0 Å². The lowest BCUT2D eigenvalue weighted by Gasteiger charge is -2.12. The first kappa shape index (κ1) is 18.4. The third kappa shape index (κ3) is 5.27. The minimum absolute atomic E-state index is 0.279. The van der Waals surface area contributed by atoms with Crippen molar-refractivity contribution >= 4 is 28.2 Å². The van der Waals surface area contributed by atoms with Crippen molar-refractivity contribution in [3.8, 4) is 0 Å². The van der Waals surface area contributed by atoms with Gasteiger partial charge in [-0.25, -0.2) is 4.79 Å². The minimum Gasteiger partial charge on any atom is -0.462 e. The first-order chi connectivity index (χ1) is 10.5. The lowest BCUT2D eigenvalue weighted by molar-refractivity contribution is -0.126. The number of esters is 1. The van der Waals surface area contributed by atoms with Crippen LogP contribution in [0.4, 0.5) is 5.00 Å². The van der Waals surface area contributed by atoms with E-state index in [-0.39, 0.29) is 5.91 Å². The van der Waals surface area contributed by atoms with E-state index in [1.54, 1.807) is 26.0 Å². The largest absolute Gasteiger partial charge is 0.462 e. The van der Waals surface area contributed by atoms with Crippen LogP contribution in [0.3, 0.4) is 0 Å². The molecule has 1 atom stereocenters. The molecule has 1 amide bonds. The predicted molar refractivity (Wildman–Crippen MR) is 88.5 cm³/mol. The van der Waals surface area contributed by atoms with E-state index in [1.165, 1.54) is 11.3 Å². The van der Waals surface area contributed by atoms with Crippen LogP contribution in [0.1, 0.15) is 42.4 Å². The number of carbonyl (C=O) groups is 2. The van der Waals surface area contributed by atoms with Crippen LogP contribution in [-0.4, -0.2) is 31.2 Å². The van der Waals surface area contributed by atoms with Gasteiger partial charge >= 0.3 is 5.97 Å². The van der Waals surface area contributed by atoms with Crippen molar-refractivity contribution in [3.63, 3.8) is 0 Å². The van der Waals surface area contributed by atoms with Gasteiger partial charge in [0.15, 0.2) is 0 Å². The van der Waals surface area contributed by atoms with E-state index < -0.39 is 12.1 Å². The van der Waals surface area contributed by atoms with E-state index in [1.807, 2.05) is 6.92 Å². The van der Waals surface area contributed by atoms with Crippen molar-refractivity contribution in [1.29, 1.82) is 0 Å². The first-order valence-electron chi connectivity index (χ1n) is 7.36. The number of carbonyl (C=O) groups excluding carboxylic acids is 2. The summed E-state index contributed by atoms with van der Waals surface area (Å²) in [5.41, 5.74) is 0.398. The molecule has 1 aromatic heterocycles. The molecule has 1 unspecified atom stereocenters. The van der Waals surface area contributed by atoms with Gasteiger partial charge in [0.2, 0.25) is 0 Å². The molecule has 122 valence electrons. The molecule has 1 heterocycles. The molecule has 1 aromatic rings. The smallest absolute Gasteiger partial charge is 0.341 e. The lowest BCUT2D eigenvalue weighted by Crippen LogP contribution is -2.28. The summed E-state index contributed by atoms with van der Waals surface area (Å²) in [7, 11) is 0. The minimum atomic E-state index is -0.595. The number of anilines is 1. The fraction of sp³-hybridized carbons (Fsp3) is 0.500. The fourth-order valence-corrected chi connectivity index (χ4v) is 2.67. The van der Waals surface area contributed by atoms with Crippen LogP contribution in [0.5, 0.6) is 0 Å². The summed E-state index contributed by atoms with van der Waals surface area (Å²) in [6.45, 7) is 9.75. The zero-order valence-electron chi connectivity index (χ0n) is 13.3. The maximum Gasteiger partial charge on any atom is 0.341 e. The Hall–Kier alpha value is -1.66. The molecule has 0 aromatic carbocycles. The molecule has 0 aliphatic rings. The van der Waals surface area contributed by atoms with E-state index in [0.29, 0.717) is 30.2 Å². The summed E-state index contributed by atoms with van der Waals surface area (Å²) in [4.78, 5) is 25.1. The number of thiophene rings is 1. The molecule has 5 nitrogen and oxygen atoms in total. The highest BCUT2D eigenvalue weighted by Crippen LogP contribution is 2.29. The van der Waals surface area contributed by atoms with Gasteiger partial charge in [0.1, 0.15) is 11.1 Å². The molecule has 22 heavy (non-hydrogen) atoms. The van der Waals surface area contributed by atoms with Crippen LogP contribution in [0.15, 0.2) is 18.7 Å². The molecule has 0 bridgehead atoms. The predicted octanol–water partition coefficient (Wildman–Crippen LogP) is 3.41. The van der Waals surface area contributed by atoms with Crippen molar-refractivity contribution in [1.82, 2.24) is 0 Å². The van der Waals surface area contributed by atoms with E-state index in [9.17, 15) is 9.59 Å². The van der Waals surface area contributed by atoms with Gasteiger partial charge in [-0.3, -0.25) is 4.79 Å². The van der Waals surface area contributed by atoms with Gasteiger partial charge in [-0.1, -0.05) is 13.0 Å². The monoisotopic (exact) mass is 325 g/mol. The molecule has 0 saturated carbocycles. The standard InChI is InChI=1S/C16H23NO4S/c1-5-8-9-21-11(4)14(18)17-15-13(16(19)20-7-3)10-12(6-2)22-15/h5,10-11H,1,6-9H2,2-4H3,(H,17,18). The third-order valence-corrected chi connectivity index (χ3v) is 4.12. The summed E-state index contributed by atoms with van der Waals surface area (Å²) in [5.74, 6) is -0.701. The Balaban J connectivity index is 2.78. The molecule has 6 heteroatoms. The van der Waals surface area contributed by atoms with Crippen LogP contribution in [0, 0.1) is 0 Å². The van der Waals surface area contributed by atoms with Crippen LogP contribution in [0.2, 0.25) is 0 Å². The van der Waals surface area contributed by atoms with E-state index >= 15 is 0 Å². The number of aryl methyl sites for hydroxylation is 1. The van der Waals surface area contributed by atoms with Gasteiger partial charge in [0.05, 0.1) is 18.8 Å². The Morgan fingerprint density at radius 3 is 2.77 bits per heavy atom. The summed E-state index contributed by atoms with van der Waals surface area (Å²) < 4.78 is 10.4. The highest BCUT2D eigenvalue weighted by atomic mass is 32.1. The Kier molecular flexibility index (Phi) is 7.84. The normalized spacial score (nSPS) is 11.8. The maximum absolute atomic E-state index is 12.1. The lowest BCUT2D eigenvalue weighted by atomic mass is 10.2. The van der Waals surface area contributed by atoms with Gasteiger partial charge < -0.3 is 14.8 Å². The molecule has 0 radical (unpaired) electrons. The van der Waals surface area contributed by atoms with E-state index in [4.69, 9.17) is 9.47 Å².